The molecule has 498 valence electrons. The van der Waals surface area contributed by atoms with Crippen molar-refractivity contribution >= 4 is 109 Å². The van der Waals surface area contributed by atoms with Crippen molar-refractivity contribution in [1.82, 2.24) is 52.7 Å². The topological polar surface area (TPSA) is 102 Å². The number of nitrogens with zero attached hydrogens (tertiary/aromatic N) is 11. The number of aromatic nitrogens is 11. The summed E-state index contributed by atoms with van der Waals surface area (Å²) in [6.45, 7) is 0. The predicted octanol–water partition coefficient (Wildman–Crippen LogP) is 23.5. The zero-order chi connectivity index (χ0) is 70.2. The monoisotopic (exact) mass is 1370 g/mol. The Kier molecular flexibility index (Phi) is 13.4. The quantitative estimate of drug-likeness (QED) is 0.128. The molecular formula is C96H59N11. The van der Waals surface area contributed by atoms with E-state index in [9.17, 15) is 0 Å². The Morgan fingerprint density at radius 2 is 0.374 bits per heavy atom. The van der Waals surface area contributed by atoms with Crippen LogP contribution in [0.2, 0.25) is 0 Å². The zero-order valence-electron chi connectivity index (χ0n) is 57.5. The summed E-state index contributed by atoms with van der Waals surface area (Å²) in [5.74, 6) is 3.54. The smallest absolute Gasteiger partial charge is 0.238 e. The van der Waals surface area contributed by atoms with Crippen LogP contribution in [0.3, 0.4) is 0 Å². The van der Waals surface area contributed by atoms with Crippen molar-refractivity contribution in [3.05, 3.63) is 358 Å². The molecule has 0 amide bonds. The van der Waals surface area contributed by atoms with Gasteiger partial charge in [-0.1, -0.05) is 255 Å². The Hall–Kier alpha value is -14.7. The minimum absolute atomic E-state index is 0.553. The standard InChI is InChI=1S/C96H59N11/c1-5-27-60(28-6-1)91-97-92(61-29-7-2-8-30-61)100-95(99-91)106-85-49-23-17-43-75(85)79-56-87-77(58-89(79)106)73-41-15-21-47-83(73)103(87)68-37-25-35-64(52-68)66-51-67(55-70(54-66)105-81-45-19-13-39-71(81)72-40-14-20-46-82(72)105)65-36-26-38-69(53-65)104-84-48-22-16-42-74(84)78-59-90-80(57-88(78)104)76-44-18-24-50-86(76)107(90)96-101-93(62-31-9-3-10-32-62)98-94(102-96)63-33-11-4-12-34-63/h1-59H. The highest BCUT2D eigenvalue weighted by Crippen LogP contribution is 2.45. The summed E-state index contributed by atoms with van der Waals surface area (Å²) < 4.78 is 11.8. The van der Waals surface area contributed by atoms with E-state index in [1.54, 1.807) is 0 Å². The van der Waals surface area contributed by atoms with Gasteiger partial charge in [0.25, 0.3) is 0 Å². The molecule has 0 spiro atoms. The van der Waals surface area contributed by atoms with E-state index >= 15 is 0 Å². The molecule has 0 aliphatic carbocycles. The van der Waals surface area contributed by atoms with Gasteiger partial charge in [0.2, 0.25) is 11.9 Å². The fraction of sp³-hybridized carbons (Fsp3) is 0. The summed E-state index contributed by atoms with van der Waals surface area (Å²) in [4.78, 5) is 31.3. The lowest BCUT2D eigenvalue weighted by Crippen LogP contribution is -2.06. The molecule has 0 aliphatic rings. The van der Waals surface area contributed by atoms with Crippen molar-refractivity contribution in [2.75, 3.05) is 0 Å². The second-order valence-corrected chi connectivity index (χ2v) is 27.5. The largest absolute Gasteiger partial charge is 0.309 e. The SMILES string of the molecule is c1ccc(-c2nc(-c3ccccc3)nc(-n3c4ccccc4c4cc5c(cc43)c3ccccc3n5-c3cccc(-c4cc(-c5cccc(-n6c7ccccc7c7cc8c(cc76)c6ccccc6n8-c6nc(-c7ccccc7)nc(-c7ccccc7)n6)c5)cc(-n5c6ccccc6c6ccccc65)c4)c3)n2)cc1. The van der Waals surface area contributed by atoms with E-state index in [1.165, 1.54) is 10.8 Å². The third-order valence-electron chi connectivity index (χ3n) is 21.3. The van der Waals surface area contributed by atoms with Crippen LogP contribution in [0.1, 0.15) is 0 Å². The maximum absolute atomic E-state index is 5.29. The fourth-order valence-corrected chi connectivity index (χ4v) is 16.6. The van der Waals surface area contributed by atoms with Gasteiger partial charge in [-0.15, -0.1) is 0 Å². The van der Waals surface area contributed by atoms with Crippen LogP contribution in [0.5, 0.6) is 0 Å². The van der Waals surface area contributed by atoms with Crippen molar-refractivity contribution in [2.45, 2.75) is 0 Å². The van der Waals surface area contributed by atoms with Gasteiger partial charge in [-0.2, -0.15) is 19.9 Å². The van der Waals surface area contributed by atoms with E-state index in [0.717, 1.165) is 160 Å². The van der Waals surface area contributed by atoms with Crippen molar-refractivity contribution in [3.8, 4) is 96.8 Å². The molecule has 0 saturated heterocycles. The van der Waals surface area contributed by atoms with E-state index in [1.807, 2.05) is 72.8 Å². The molecule has 107 heavy (non-hydrogen) atoms. The Morgan fingerprint density at radius 3 is 0.682 bits per heavy atom. The zero-order valence-corrected chi connectivity index (χ0v) is 57.5. The normalized spacial score (nSPS) is 11.9. The lowest BCUT2D eigenvalue weighted by Gasteiger charge is -2.16. The molecule has 0 saturated carbocycles. The number of hydrogen-bond acceptors (Lipinski definition) is 6. The molecule has 22 rings (SSSR count). The van der Waals surface area contributed by atoms with Crippen LogP contribution in [-0.2, 0) is 0 Å². The Balaban J connectivity index is 0.718. The van der Waals surface area contributed by atoms with Crippen LogP contribution in [0, 0.1) is 0 Å². The third kappa shape index (κ3) is 9.61. The first-order valence-electron chi connectivity index (χ1n) is 36.1. The van der Waals surface area contributed by atoms with Gasteiger partial charge in [-0.3, -0.25) is 9.13 Å². The molecule has 11 heteroatoms. The second kappa shape index (κ2) is 24.0. The number of fused-ring (bicyclic) bond motifs is 15. The molecule has 0 fully saturated rings. The summed E-state index contributed by atoms with van der Waals surface area (Å²) >= 11 is 0. The summed E-state index contributed by atoms with van der Waals surface area (Å²) in [6, 6.07) is 128. The Bertz CT molecular complexity index is 6820. The van der Waals surface area contributed by atoms with Crippen molar-refractivity contribution < 1.29 is 0 Å². The van der Waals surface area contributed by atoms with Crippen LogP contribution in [0.15, 0.2) is 358 Å². The molecule has 0 atom stereocenters. The number of rotatable bonds is 11. The average molecular weight is 1370 g/mol. The minimum Gasteiger partial charge on any atom is -0.309 e. The molecule has 0 unspecified atom stereocenters. The number of para-hydroxylation sites is 6. The van der Waals surface area contributed by atoms with Gasteiger partial charge in [0.1, 0.15) is 0 Å². The van der Waals surface area contributed by atoms with Crippen molar-refractivity contribution in [1.29, 1.82) is 0 Å². The van der Waals surface area contributed by atoms with E-state index in [-0.39, 0.29) is 0 Å². The first-order chi connectivity index (χ1) is 53.0. The average Bonchev–Trinajstić information content (AvgIpc) is 1.56. The van der Waals surface area contributed by atoms with E-state index in [4.69, 9.17) is 29.9 Å². The maximum Gasteiger partial charge on any atom is 0.238 e. The highest BCUT2D eigenvalue weighted by molar-refractivity contribution is 6.21. The second-order valence-electron chi connectivity index (χ2n) is 27.5. The van der Waals surface area contributed by atoms with Gasteiger partial charge in [0.05, 0.1) is 55.2 Å². The van der Waals surface area contributed by atoms with Gasteiger partial charge >= 0.3 is 0 Å². The van der Waals surface area contributed by atoms with Crippen LogP contribution >= 0.6 is 0 Å². The molecule has 0 N–H and O–H groups in total. The van der Waals surface area contributed by atoms with Crippen LogP contribution in [-0.4, -0.2) is 52.7 Å². The molecular weight excluding hydrogens is 1310 g/mol. The van der Waals surface area contributed by atoms with Crippen molar-refractivity contribution in [3.63, 3.8) is 0 Å². The Morgan fingerprint density at radius 1 is 0.140 bits per heavy atom. The van der Waals surface area contributed by atoms with Gasteiger partial charge in [0, 0.05) is 93.2 Å². The molecule has 22 aromatic rings. The molecule has 0 bridgehead atoms. The third-order valence-corrected chi connectivity index (χ3v) is 21.3. The summed E-state index contributed by atoms with van der Waals surface area (Å²) in [5, 5.41) is 11.3. The molecule has 11 nitrogen and oxygen atoms in total. The summed E-state index contributed by atoms with van der Waals surface area (Å²) in [6.07, 6.45) is 0. The molecule has 7 aromatic heterocycles. The highest BCUT2D eigenvalue weighted by Gasteiger charge is 2.26. The Labute approximate surface area is 612 Å². The van der Waals surface area contributed by atoms with Crippen LogP contribution in [0.4, 0.5) is 0 Å². The predicted molar refractivity (Wildman–Crippen MR) is 438 cm³/mol. The van der Waals surface area contributed by atoms with Gasteiger partial charge < -0.3 is 13.7 Å². The molecule has 7 heterocycles. The minimum atomic E-state index is 0.553. The number of benzene rings is 15. The van der Waals surface area contributed by atoms with E-state index in [0.29, 0.717) is 35.2 Å². The summed E-state index contributed by atoms with van der Waals surface area (Å²) in [7, 11) is 0. The fourth-order valence-electron chi connectivity index (χ4n) is 16.6. The molecule has 15 aromatic carbocycles. The van der Waals surface area contributed by atoms with Gasteiger partial charge in [0.15, 0.2) is 23.3 Å². The lowest BCUT2D eigenvalue weighted by molar-refractivity contribution is 0.953. The van der Waals surface area contributed by atoms with E-state index < -0.39 is 0 Å². The highest BCUT2D eigenvalue weighted by atomic mass is 15.2. The van der Waals surface area contributed by atoms with Gasteiger partial charge in [-0.05, 0) is 125 Å². The van der Waals surface area contributed by atoms with Crippen LogP contribution in [0.25, 0.3) is 206 Å². The molecule has 0 aliphatic heterocycles. The van der Waals surface area contributed by atoms with Gasteiger partial charge in [-0.25, -0.2) is 9.97 Å². The lowest BCUT2D eigenvalue weighted by atomic mass is 9.97. The number of hydrogen-bond donors (Lipinski definition) is 0. The summed E-state index contributed by atoms with van der Waals surface area (Å²) in [5.41, 5.74) is 21.9. The molecule has 0 radical (unpaired) electrons. The maximum atomic E-state index is 5.29. The van der Waals surface area contributed by atoms with E-state index in [2.05, 4.69) is 308 Å². The first-order valence-corrected chi connectivity index (χ1v) is 36.1. The van der Waals surface area contributed by atoms with Crippen molar-refractivity contribution in [2.24, 2.45) is 0 Å². The van der Waals surface area contributed by atoms with Crippen LogP contribution < -0.4 is 0 Å². The first kappa shape index (κ1) is 60.0.